The summed E-state index contributed by atoms with van der Waals surface area (Å²) in [5, 5.41) is 2.83. The number of hydrogen-bond donors (Lipinski definition) is 2. The molecule has 3 N–H and O–H groups in total. The van der Waals surface area contributed by atoms with Gasteiger partial charge in [-0.25, -0.2) is 0 Å². The fourth-order valence-electron chi connectivity index (χ4n) is 2.35. The Labute approximate surface area is 121 Å². The monoisotopic (exact) mass is 300 g/mol. The van der Waals surface area contributed by atoms with Gasteiger partial charge in [-0.2, -0.15) is 8.78 Å². The molecule has 110 valence electrons. The number of carbonyl (C=O) groups excluding carboxylic acids is 1. The van der Waals surface area contributed by atoms with E-state index >= 15 is 0 Å². The lowest BCUT2D eigenvalue weighted by Gasteiger charge is -2.25. The number of nitrogens with one attached hydrogen (secondary N) is 1. The number of nitrogens with two attached hydrogens (primary N) is 1. The fraction of sp³-hybridized carbons (Fsp3) is 0.500. The third kappa shape index (κ3) is 4.45. The molecule has 1 aliphatic rings. The van der Waals surface area contributed by atoms with Gasteiger partial charge in [0.2, 0.25) is 5.91 Å². The maximum atomic E-state index is 12.2. The van der Waals surface area contributed by atoms with Crippen LogP contribution in [-0.4, -0.2) is 17.7 Å². The van der Waals surface area contributed by atoms with Crippen LogP contribution in [0.4, 0.5) is 14.5 Å². The minimum atomic E-state index is -2.43. The molecular formula is C14H18F2N2OS. The van der Waals surface area contributed by atoms with Gasteiger partial charge in [-0.1, -0.05) is 11.8 Å². The summed E-state index contributed by atoms with van der Waals surface area (Å²) in [7, 11) is 0. The van der Waals surface area contributed by atoms with E-state index in [1.54, 1.807) is 24.3 Å². The normalized spacial score (nSPS) is 22.8. The molecule has 0 atom stereocenters. The maximum Gasteiger partial charge on any atom is 0.288 e. The van der Waals surface area contributed by atoms with E-state index in [1.807, 2.05) is 0 Å². The highest BCUT2D eigenvalue weighted by atomic mass is 32.2. The largest absolute Gasteiger partial charge is 0.328 e. The molecule has 3 nitrogen and oxygen atoms in total. The summed E-state index contributed by atoms with van der Waals surface area (Å²) >= 11 is 0.494. The smallest absolute Gasteiger partial charge is 0.288 e. The summed E-state index contributed by atoms with van der Waals surface area (Å²) < 4.78 is 24.4. The minimum Gasteiger partial charge on any atom is -0.328 e. The maximum absolute atomic E-state index is 12.2. The molecule has 0 saturated heterocycles. The van der Waals surface area contributed by atoms with E-state index in [9.17, 15) is 13.6 Å². The minimum absolute atomic E-state index is 0.00455. The van der Waals surface area contributed by atoms with Gasteiger partial charge in [-0.3, -0.25) is 4.79 Å². The molecular weight excluding hydrogens is 282 g/mol. The standard InChI is InChI=1S/C14H18F2N2OS/c15-14(16)20-12-7-5-11(6-8-12)18-13(19)9-1-3-10(17)4-2-9/h5-10,14H,1-4,17H2,(H,18,19). The van der Waals surface area contributed by atoms with Crippen LogP contribution >= 0.6 is 11.8 Å². The Morgan fingerprint density at radius 1 is 1.20 bits per heavy atom. The van der Waals surface area contributed by atoms with Gasteiger partial charge in [0.05, 0.1) is 0 Å². The van der Waals surface area contributed by atoms with Crippen molar-refractivity contribution in [1.82, 2.24) is 0 Å². The van der Waals surface area contributed by atoms with Crippen molar-refractivity contribution in [3.63, 3.8) is 0 Å². The van der Waals surface area contributed by atoms with Crippen LogP contribution in [0.5, 0.6) is 0 Å². The van der Waals surface area contributed by atoms with Crippen LogP contribution < -0.4 is 11.1 Å². The van der Waals surface area contributed by atoms with E-state index in [0.29, 0.717) is 22.3 Å². The molecule has 1 saturated carbocycles. The van der Waals surface area contributed by atoms with Crippen molar-refractivity contribution >= 4 is 23.4 Å². The molecule has 0 heterocycles. The summed E-state index contributed by atoms with van der Waals surface area (Å²) in [5.41, 5.74) is 6.45. The lowest BCUT2D eigenvalue weighted by Crippen LogP contribution is -2.32. The van der Waals surface area contributed by atoms with E-state index in [0.717, 1.165) is 25.7 Å². The molecule has 1 aromatic carbocycles. The van der Waals surface area contributed by atoms with Crippen LogP contribution in [0.3, 0.4) is 0 Å². The number of anilines is 1. The number of alkyl halides is 2. The average molecular weight is 300 g/mol. The summed E-state index contributed by atoms with van der Waals surface area (Å²) in [4.78, 5) is 12.5. The van der Waals surface area contributed by atoms with Crippen LogP contribution in [0.1, 0.15) is 25.7 Å². The Bertz CT molecular complexity index is 445. The quantitative estimate of drug-likeness (QED) is 0.837. The van der Waals surface area contributed by atoms with E-state index in [2.05, 4.69) is 5.32 Å². The van der Waals surface area contributed by atoms with Gasteiger partial charge in [0, 0.05) is 22.5 Å². The second-order valence-corrected chi connectivity index (χ2v) is 6.07. The molecule has 0 aromatic heterocycles. The molecule has 1 fully saturated rings. The van der Waals surface area contributed by atoms with E-state index in [1.165, 1.54) is 0 Å². The molecule has 0 unspecified atom stereocenters. The van der Waals surface area contributed by atoms with Gasteiger partial charge in [0.25, 0.3) is 5.76 Å². The van der Waals surface area contributed by atoms with Gasteiger partial charge >= 0.3 is 0 Å². The van der Waals surface area contributed by atoms with E-state index < -0.39 is 5.76 Å². The number of carbonyl (C=O) groups is 1. The average Bonchev–Trinajstić information content (AvgIpc) is 2.41. The molecule has 1 aromatic rings. The zero-order valence-electron chi connectivity index (χ0n) is 11.0. The number of halogens is 2. The Kier molecular flexibility index (Phi) is 5.37. The first-order valence-corrected chi connectivity index (χ1v) is 7.54. The van der Waals surface area contributed by atoms with Crippen LogP contribution in [-0.2, 0) is 4.79 Å². The van der Waals surface area contributed by atoms with Gasteiger partial charge in [0.15, 0.2) is 0 Å². The number of benzene rings is 1. The van der Waals surface area contributed by atoms with Crippen molar-refractivity contribution in [2.75, 3.05) is 5.32 Å². The predicted molar refractivity (Wildman–Crippen MR) is 76.9 cm³/mol. The molecule has 1 amide bonds. The Morgan fingerprint density at radius 2 is 1.80 bits per heavy atom. The topological polar surface area (TPSA) is 55.1 Å². The second kappa shape index (κ2) is 7.04. The lowest BCUT2D eigenvalue weighted by atomic mass is 9.86. The Morgan fingerprint density at radius 3 is 2.35 bits per heavy atom. The highest BCUT2D eigenvalue weighted by molar-refractivity contribution is 7.99. The van der Waals surface area contributed by atoms with Crippen LogP contribution in [0.15, 0.2) is 29.2 Å². The van der Waals surface area contributed by atoms with Crippen LogP contribution in [0.2, 0.25) is 0 Å². The van der Waals surface area contributed by atoms with Crippen molar-refractivity contribution in [3.05, 3.63) is 24.3 Å². The molecule has 0 spiro atoms. The number of rotatable bonds is 4. The second-order valence-electron chi connectivity index (χ2n) is 5.00. The number of amides is 1. The van der Waals surface area contributed by atoms with Gasteiger partial charge in [-0.05, 0) is 49.9 Å². The summed E-state index contributed by atoms with van der Waals surface area (Å²) in [6, 6.07) is 6.69. The van der Waals surface area contributed by atoms with Gasteiger partial charge in [0.1, 0.15) is 0 Å². The summed E-state index contributed by atoms with van der Waals surface area (Å²) in [5.74, 6) is -2.43. The van der Waals surface area contributed by atoms with Crippen molar-refractivity contribution in [3.8, 4) is 0 Å². The Balaban J connectivity index is 1.88. The zero-order valence-corrected chi connectivity index (χ0v) is 11.8. The third-order valence-electron chi connectivity index (χ3n) is 3.49. The lowest BCUT2D eigenvalue weighted by molar-refractivity contribution is -0.120. The third-order valence-corrected chi connectivity index (χ3v) is 4.21. The first-order valence-electron chi connectivity index (χ1n) is 6.66. The van der Waals surface area contributed by atoms with Crippen molar-refractivity contribution in [1.29, 1.82) is 0 Å². The molecule has 0 bridgehead atoms. The predicted octanol–water partition coefficient (Wildman–Crippen LogP) is 3.46. The SMILES string of the molecule is NC1CCC(C(=O)Nc2ccc(SC(F)F)cc2)CC1. The van der Waals surface area contributed by atoms with Gasteiger partial charge in [-0.15, -0.1) is 0 Å². The zero-order chi connectivity index (χ0) is 14.5. The first kappa shape index (κ1) is 15.3. The summed E-state index contributed by atoms with van der Waals surface area (Å²) in [6.45, 7) is 0. The van der Waals surface area contributed by atoms with Crippen LogP contribution in [0, 0.1) is 5.92 Å². The Hall–Kier alpha value is -1.14. The van der Waals surface area contributed by atoms with Gasteiger partial charge < -0.3 is 11.1 Å². The fourth-order valence-corrected chi connectivity index (χ4v) is 2.84. The summed E-state index contributed by atoms with van der Waals surface area (Å²) in [6.07, 6.45) is 3.38. The molecule has 0 aliphatic heterocycles. The number of hydrogen-bond acceptors (Lipinski definition) is 3. The molecule has 6 heteroatoms. The molecule has 0 radical (unpaired) electrons. The highest BCUT2D eigenvalue weighted by Gasteiger charge is 2.24. The molecule has 2 rings (SSSR count). The van der Waals surface area contributed by atoms with Crippen molar-refractivity contribution in [2.24, 2.45) is 11.7 Å². The van der Waals surface area contributed by atoms with Crippen molar-refractivity contribution in [2.45, 2.75) is 42.4 Å². The number of thioether (sulfide) groups is 1. The molecule has 20 heavy (non-hydrogen) atoms. The molecule has 1 aliphatic carbocycles. The van der Waals surface area contributed by atoms with E-state index in [-0.39, 0.29) is 17.9 Å². The van der Waals surface area contributed by atoms with Crippen LogP contribution in [0.25, 0.3) is 0 Å². The van der Waals surface area contributed by atoms with Crippen molar-refractivity contribution < 1.29 is 13.6 Å². The highest BCUT2D eigenvalue weighted by Crippen LogP contribution is 2.27. The van der Waals surface area contributed by atoms with E-state index in [4.69, 9.17) is 5.73 Å². The first-order chi connectivity index (χ1) is 9.54.